The van der Waals surface area contributed by atoms with Crippen LogP contribution in [0.2, 0.25) is 5.02 Å². The maximum absolute atomic E-state index is 12.3. The number of hydrogen-bond donors (Lipinski definition) is 2. The summed E-state index contributed by atoms with van der Waals surface area (Å²) in [6.45, 7) is 0. The van der Waals surface area contributed by atoms with Crippen molar-refractivity contribution in [1.82, 2.24) is 0 Å². The summed E-state index contributed by atoms with van der Waals surface area (Å²) in [5, 5.41) is 8.82. The first-order chi connectivity index (χ1) is 13.0. The monoisotopic (exact) mass is 400 g/mol. The second kappa shape index (κ2) is 8.92. The van der Waals surface area contributed by atoms with E-state index in [1.54, 1.807) is 42.5 Å². The summed E-state index contributed by atoms with van der Waals surface area (Å²) in [5.41, 5.74) is 1.34. The van der Waals surface area contributed by atoms with E-state index in [2.05, 4.69) is 5.32 Å². The maximum Gasteiger partial charge on any atom is 0.228 e. The fourth-order valence-electron chi connectivity index (χ4n) is 2.47. The lowest BCUT2D eigenvalue weighted by Gasteiger charge is -2.12. The molecular formula is C20H17ClN2O3S. The molecule has 5 nitrogen and oxygen atoms in total. The van der Waals surface area contributed by atoms with Gasteiger partial charge in [0.15, 0.2) is 4.90 Å². The van der Waals surface area contributed by atoms with Gasteiger partial charge in [-0.15, -0.1) is 5.14 Å². The molecule has 0 radical (unpaired) electrons. The number of ether oxygens (including phenoxy) is 1. The minimum Gasteiger partial charge on any atom is -0.593 e. The molecule has 0 aromatic heterocycles. The molecule has 3 aromatic rings. The highest BCUT2D eigenvalue weighted by Crippen LogP contribution is 2.29. The fourth-order valence-corrected chi connectivity index (χ4v) is 3.13. The molecule has 1 atom stereocenters. The van der Waals surface area contributed by atoms with Crippen molar-refractivity contribution in [3.8, 4) is 11.5 Å². The second-order valence-corrected chi connectivity index (χ2v) is 7.26. The molecule has 27 heavy (non-hydrogen) atoms. The molecule has 0 heterocycles. The van der Waals surface area contributed by atoms with E-state index in [1.807, 2.05) is 30.3 Å². The summed E-state index contributed by atoms with van der Waals surface area (Å²) in [6.07, 6.45) is 0.223. The Kier molecular flexibility index (Phi) is 6.36. The van der Waals surface area contributed by atoms with E-state index in [0.29, 0.717) is 27.1 Å². The molecule has 3 N–H and O–H groups in total. The molecule has 1 amide bonds. The molecule has 138 valence electrons. The zero-order valence-corrected chi connectivity index (χ0v) is 15.8. The molecule has 0 spiro atoms. The maximum atomic E-state index is 12.3. The standard InChI is InChI=1S/C20H17ClN2O3S/c21-15-7-4-8-17(10-15)26-18-11-16(12-19(13-18)27(22)25)23-20(24)9-14-5-2-1-3-6-14/h1-8,10-13H,9,22H2,(H,23,24). The number of anilines is 1. The molecule has 0 bridgehead atoms. The number of carbonyl (C=O) groups excluding carboxylic acids is 1. The molecule has 0 saturated carbocycles. The molecule has 0 aliphatic heterocycles. The summed E-state index contributed by atoms with van der Waals surface area (Å²) in [5.74, 6) is 0.711. The molecule has 0 saturated heterocycles. The highest BCUT2D eigenvalue weighted by Gasteiger charge is 2.13. The summed E-state index contributed by atoms with van der Waals surface area (Å²) in [4.78, 5) is 12.6. The van der Waals surface area contributed by atoms with E-state index >= 15 is 0 Å². The van der Waals surface area contributed by atoms with Crippen molar-refractivity contribution in [1.29, 1.82) is 0 Å². The Labute approximate surface area is 165 Å². The zero-order chi connectivity index (χ0) is 19.2. The Bertz CT molecular complexity index is 936. The largest absolute Gasteiger partial charge is 0.593 e. The van der Waals surface area contributed by atoms with Crippen molar-refractivity contribution in [3.05, 3.63) is 83.4 Å². The third-order valence-electron chi connectivity index (χ3n) is 3.64. The average molecular weight is 401 g/mol. The quantitative estimate of drug-likeness (QED) is 0.604. The first kappa shape index (κ1) is 19.3. The van der Waals surface area contributed by atoms with Crippen LogP contribution in [0.15, 0.2) is 77.7 Å². The van der Waals surface area contributed by atoms with E-state index < -0.39 is 11.4 Å². The molecular weight excluding hydrogens is 384 g/mol. The van der Waals surface area contributed by atoms with Crippen LogP contribution in [0.3, 0.4) is 0 Å². The van der Waals surface area contributed by atoms with Crippen LogP contribution in [-0.4, -0.2) is 10.5 Å². The third kappa shape index (κ3) is 5.74. The number of amides is 1. The van der Waals surface area contributed by atoms with Gasteiger partial charge < -0.3 is 14.6 Å². The Morgan fingerprint density at radius 3 is 2.52 bits per heavy atom. The first-order valence-electron chi connectivity index (χ1n) is 8.08. The second-order valence-electron chi connectivity index (χ2n) is 5.76. The molecule has 7 heteroatoms. The van der Waals surface area contributed by atoms with E-state index in [1.165, 1.54) is 0 Å². The van der Waals surface area contributed by atoms with Gasteiger partial charge in [-0.2, -0.15) is 0 Å². The Hall–Kier alpha value is -2.51. The van der Waals surface area contributed by atoms with Gasteiger partial charge in [0.1, 0.15) is 11.5 Å². The van der Waals surface area contributed by atoms with E-state index in [-0.39, 0.29) is 12.3 Å². The highest BCUT2D eigenvalue weighted by atomic mass is 35.5. The SMILES string of the molecule is N[S+]([O-])c1cc(NC(=O)Cc2ccccc2)cc(Oc2cccc(Cl)c2)c1. The minimum atomic E-state index is -1.72. The molecule has 3 aromatic carbocycles. The van der Waals surface area contributed by atoms with Crippen molar-refractivity contribution in [2.24, 2.45) is 5.14 Å². The van der Waals surface area contributed by atoms with Gasteiger partial charge in [-0.3, -0.25) is 4.79 Å². The van der Waals surface area contributed by atoms with Crippen molar-refractivity contribution < 1.29 is 14.1 Å². The number of nitrogens with two attached hydrogens (primary N) is 1. The van der Waals surface area contributed by atoms with E-state index in [0.717, 1.165) is 5.56 Å². The minimum absolute atomic E-state index is 0.199. The lowest BCUT2D eigenvalue weighted by Crippen LogP contribution is -2.16. The van der Waals surface area contributed by atoms with Gasteiger partial charge in [-0.1, -0.05) is 48.0 Å². The number of nitrogens with one attached hydrogen (secondary N) is 1. The van der Waals surface area contributed by atoms with Crippen LogP contribution in [-0.2, 0) is 22.6 Å². The topological polar surface area (TPSA) is 87.4 Å². The lowest BCUT2D eigenvalue weighted by molar-refractivity contribution is -0.115. The van der Waals surface area contributed by atoms with E-state index in [9.17, 15) is 9.35 Å². The first-order valence-corrected chi connectivity index (χ1v) is 9.67. The zero-order valence-electron chi connectivity index (χ0n) is 14.2. The van der Waals surface area contributed by atoms with Crippen LogP contribution in [0.4, 0.5) is 5.69 Å². The summed E-state index contributed by atoms with van der Waals surface area (Å²) < 4.78 is 17.5. The molecule has 0 aliphatic carbocycles. The lowest BCUT2D eigenvalue weighted by atomic mass is 10.1. The Morgan fingerprint density at radius 2 is 1.81 bits per heavy atom. The van der Waals surface area contributed by atoms with Crippen molar-refractivity contribution >= 4 is 34.6 Å². The van der Waals surface area contributed by atoms with Gasteiger partial charge >= 0.3 is 0 Å². The van der Waals surface area contributed by atoms with Crippen molar-refractivity contribution in [2.45, 2.75) is 11.3 Å². The normalized spacial score (nSPS) is 11.7. The van der Waals surface area contributed by atoms with E-state index in [4.69, 9.17) is 21.5 Å². The summed E-state index contributed by atoms with van der Waals surface area (Å²) in [7, 11) is 0. The molecule has 0 aliphatic rings. The smallest absolute Gasteiger partial charge is 0.228 e. The number of hydrogen-bond acceptors (Lipinski definition) is 4. The van der Waals surface area contributed by atoms with Gasteiger partial charge in [0.05, 0.1) is 17.8 Å². The average Bonchev–Trinajstić information content (AvgIpc) is 2.62. The number of benzene rings is 3. The van der Waals surface area contributed by atoms with Crippen LogP contribution in [0.25, 0.3) is 0 Å². The third-order valence-corrected chi connectivity index (χ3v) is 4.57. The number of carbonyl (C=O) groups is 1. The fraction of sp³-hybridized carbons (Fsp3) is 0.0500. The van der Waals surface area contributed by atoms with Gasteiger partial charge in [0.25, 0.3) is 0 Å². The van der Waals surface area contributed by atoms with Gasteiger partial charge in [-0.05, 0) is 23.8 Å². The predicted molar refractivity (Wildman–Crippen MR) is 107 cm³/mol. The Morgan fingerprint density at radius 1 is 1.04 bits per heavy atom. The van der Waals surface area contributed by atoms with Crippen LogP contribution in [0.1, 0.15) is 5.56 Å². The summed E-state index contributed by atoms with van der Waals surface area (Å²) in [6, 6.07) is 21.0. The predicted octanol–water partition coefficient (Wildman–Crippen LogP) is 4.29. The van der Waals surface area contributed by atoms with Crippen LogP contribution in [0, 0.1) is 0 Å². The molecule has 3 rings (SSSR count). The van der Waals surface area contributed by atoms with Crippen LogP contribution >= 0.6 is 11.6 Å². The van der Waals surface area contributed by atoms with Crippen LogP contribution in [0.5, 0.6) is 11.5 Å². The molecule has 1 unspecified atom stereocenters. The van der Waals surface area contributed by atoms with Crippen molar-refractivity contribution in [3.63, 3.8) is 0 Å². The van der Waals surface area contributed by atoms with Crippen LogP contribution < -0.4 is 15.2 Å². The number of rotatable bonds is 6. The highest BCUT2D eigenvalue weighted by molar-refractivity contribution is 7.89. The summed E-state index contributed by atoms with van der Waals surface area (Å²) >= 11 is 4.24. The van der Waals surface area contributed by atoms with Crippen molar-refractivity contribution in [2.75, 3.05) is 5.32 Å². The molecule has 0 fully saturated rings. The number of halogens is 1. The Balaban J connectivity index is 1.79. The van der Waals surface area contributed by atoms with Gasteiger partial charge in [0.2, 0.25) is 5.91 Å². The van der Waals surface area contributed by atoms with Gasteiger partial charge in [-0.25, -0.2) is 0 Å². The van der Waals surface area contributed by atoms with Gasteiger partial charge in [0, 0.05) is 28.9 Å².